The van der Waals surface area contributed by atoms with E-state index < -0.39 is 10.0 Å². The van der Waals surface area contributed by atoms with Crippen LogP contribution in [0.3, 0.4) is 0 Å². The van der Waals surface area contributed by atoms with Crippen LogP contribution >= 0.6 is 11.6 Å². The summed E-state index contributed by atoms with van der Waals surface area (Å²) in [6, 6.07) is 7.91. The van der Waals surface area contributed by atoms with Crippen LogP contribution in [0.25, 0.3) is 0 Å². The van der Waals surface area contributed by atoms with Gasteiger partial charge in [0.2, 0.25) is 10.0 Å². The van der Waals surface area contributed by atoms with E-state index in [1.807, 2.05) is 0 Å². The van der Waals surface area contributed by atoms with Crippen LogP contribution < -0.4 is 14.2 Å². The van der Waals surface area contributed by atoms with Gasteiger partial charge in [-0.2, -0.15) is 0 Å². The summed E-state index contributed by atoms with van der Waals surface area (Å²) in [5.41, 5.74) is 0.602. The molecular weight excluding hydrogens is 328 g/mol. The van der Waals surface area contributed by atoms with E-state index in [1.165, 1.54) is 12.1 Å². The number of sulfonamides is 1. The Morgan fingerprint density at radius 1 is 1.18 bits per heavy atom. The van der Waals surface area contributed by atoms with Crippen molar-refractivity contribution < 1.29 is 17.9 Å². The van der Waals surface area contributed by atoms with Gasteiger partial charge in [0.1, 0.15) is 18.4 Å². The summed E-state index contributed by atoms with van der Waals surface area (Å²) < 4.78 is 37.9. The predicted molar refractivity (Wildman–Crippen MR) is 80.7 cm³/mol. The summed E-state index contributed by atoms with van der Waals surface area (Å²) in [7, 11) is -3.68. The van der Waals surface area contributed by atoms with Crippen LogP contribution in [0.4, 0.5) is 0 Å². The molecule has 116 valence electrons. The minimum atomic E-state index is -3.68. The zero-order valence-corrected chi connectivity index (χ0v) is 13.0. The van der Waals surface area contributed by atoms with Crippen molar-refractivity contribution in [1.29, 1.82) is 0 Å². The molecule has 0 radical (unpaired) electrons. The van der Waals surface area contributed by atoms with Crippen LogP contribution in [0.2, 0.25) is 5.15 Å². The molecule has 1 N–H and O–H groups in total. The number of ether oxygens (including phenoxy) is 2. The lowest BCUT2D eigenvalue weighted by molar-refractivity contribution is 0.171. The minimum Gasteiger partial charge on any atom is -0.486 e. The second-order valence-electron chi connectivity index (χ2n) is 4.58. The van der Waals surface area contributed by atoms with Gasteiger partial charge < -0.3 is 9.47 Å². The molecule has 0 spiro atoms. The van der Waals surface area contributed by atoms with E-state index in [1.54, 1.807) is 24.4 Å². The van der Waals surface area contributed by atoms with Gasteiger partial charge in [0.05, 0.1) is 4.90 Å². The Morgan fingerprint density at radius 2 is 1.95 bits per heavy atom. The number of fused-ring (bicyclic) bond motifs is 1. The number of nitrogens with zero attached hydrogens (tertiary/aromatic N) is 1. The van der Waals surface area contributed by atoms with Crippen molar-refractivity contribution in [2.75, 3.05) is 13.2 Å². The van der Waals surface area contributed by atoms with Gasteiger partial charge in [-0.05, 0) is 18.2 Å². The Labute approximate surface area is 133 Å². The average molecular weight is 341 g/mol. The lowest BCUT2D eigenvalue weighted by Crippen LogP contribution is -2.24. The van der Waals surface area contributed by atoms with Gasteiger partial charge in [-0.25, -0.2) is 18.1 Å². The highest BCUT2D eigenvalue weighted by Gasteiger charge is 2.19. The fourth-order valence-electron chi connectivity index (χ4n) is 2.00. The number of hydrogen-bond donors (Lipinski definition) is 1. The van der Waals surface area contributed by atoms with E-state index in [0.29, 0.717) is 30.3 Å². The van der Waals surface area contributed by atoms with Gasteiger partial charge in [-0.1, -0.05) is 17.7 Å². The molecule has 1 aliphatic rings. The van der Waals surface area contributed by atoms with Crippen molar-refractivity contribution in [3.05, 3.63) is 47.2 Å². The van der Waals surface area contributed by atoms with Crippen LogP contribution in [0.15, 0.2) is 41.4 Å². The van der Waals surface area contributed by atoms with Crippen molar-refractivity contribution in [1.82, 2.24) is 9.71 Å². The Bertz CT molecular complexity index is 795. The normalized spacial score (nSPS) is 13.9. The zero-order valence-electron chi connectivity index (χ0n) is 11.5. The lowest BCUT2D eigenvalue weighted by atomic mass is 10.3. The van der Waals surface area contributed by atoms with Gasteiger partial charge in [0.25, 0.3) is 0 Å². The maximum atomic E-state index is 12.3. The smallest absolute Gasteiger partial charge is 0.241 e. The molecule has 0 saturated heterocycles. The van der Waals surface area contributed by atoms with Crippen LogP contribution in [-0.2, 0) is 16.6 Å². The van der Waals surface area contributed by atoms with Crippen molar-refractivity contribution in [3.8, 4) is 11.5 Å². The fraction of sp³-hybridized carbons (Fsp3) is 0.214. The highest BCUT2D eigenvalue weighted by atomic mass is 35.5. The molecule has 0 atom stereocenters. The molecule has 2 heterocycles. The topological polar surface area (TPSA) is 77.5 Å². The van der Waals surface area contributed by atoms with Crippen LogP contribution in [0.5, 0.6) is 11.5 Å². The summed E-state index contributed by atoms with van der Waals surface area (Å²) in [4.78, 5) is 4.01. The molecule has 8 heteroatoms. The molecule has 22 heavy (non-hydrogen) atoms. The second-order valence-corrected chi connectivity index (χ2v) is 6.71. The van der Waals surface area contributed by atoms with E-state index in [-0.39, 0.29) is 16.6 Å². The molecule has 1 aromatic carbocycles. The van der Waals surface area contributed by atoms with Crippen molar-refractivity contribution in [3.63, 3.8) is 0 Å². The van der Waals surface area contributed by atoms with Crippen LogP contribution in [-0.4, -0.2) is 26.6 Å². The van der Waals surface area contributed by atoms with Crippen LogP contribution in [0.1, 0.15) is 5.56 Å². The summed E-state index contributed by atoms with van der Waals surface area (Å²) in [6.07, 6.45) is 1.54. The molecule has 0 bridgehead atoms. The maximum Gasteiger partial charge on any atom is 0.241 e. The Balaban J connectivity index is 1.80. The monoisotopic (exact) mass is 340 g/mol. The summed E-state index contributed by atoms with van der Waals surface area (Å²) >= 11 is 5.91. The summed E-state index contributed by atoms with van der Waals surface area (Å²) in [6.45, 7) is 0.912. The molecule has 0 fully saturated rings. The molecule has 6 nitrogen and oxygen atoms in total. The minimum absolute atomic E-state index is 0.0590. The lowest BCUT2D eigenvalue weighted by Gasteiger charge is -2.19. The molecule has 0 saturated carbocycles. The number of pyridine rings is 1. The Kier molecular flexibility index (Phi) is 4.19. The number of benzene rings is 1. The third kappa shape index (κ3) is 3.16. The fourth-order valence-corrected chi connectivity index (χ4v) is 3.21. The first-order valence-electron chi connectivity index (χ1n) is 6.55. The first-order chi connectivity index (χ1) is 10.6. The number of hydrogen-bond acceptors (Lipinski definition) is 5. The van der Waals surface area contributed by atoms with E-state index >= 15 is 0 Å². The van der Waals surface area contributed by atoms with Gasteiger partial charge in [-0.3, -0.25) is 0 Å². The van der Waals surface area contributed by atoms with E-state index in [0.717, 1.165) is 0 Å². The molecule has 3 rings (SSSR count). The summed E-state index contributed by atoms with van der Waals surface area (Å²) in [5.74, 6) is 0.967. The number of aromatic nitrogens is 1. The third-order valence-corrected chi connectivity index (χ3v) is 4.85. The zero-order chi connectivity index (χ0) is 15.6. The first kappa shape index (κ1) is 15.1. The molecule has 0 amide bonds. The number of halogens is 1. The van der Waals surface area contributed by atoms with Crippen molar-refractivity contribution in [2.24, 2.45) is 0 Å². The van der Waals surface area contributed by atoms with Crippen molar-refractivity contribution in [2.45, 2.75) is 11.4 Å². The van der Waals surface area contributed by atoms with E-state index in [2.05, 4.69) is 9.71 Å². The third-order valence-electron chi connectivity index (χ3n) is 3.11. The van der Waals surface area contributed by atoms with Gasteiger partial charge in [0, 0.05) is 24.4 Å². The average Bonchev–Trinajstić information content (AvgIpc) is 2.54. The van der Waals surface area contributed by atoms with Crippen molar-refractivity contribution >= 4 is 21.6 Å². The molecule has 1 aliphatic heterocycles. The Morgan fingerprint density at radius 3 is 2.73 bits per heavy atom. The quantitative estimate of drug-likeness (QED) is 0.861. The molecule has 0 aliphatic carbocycles. The maximum absolute atomic E-state index is 12.3. The van der Waals surface area contributed by atoms with Gasteiger partial charge >= 0.3 is 0 Å². The molecular formula is C14H13ClN2O4S. The van der Waals surface area contributed by atoms with E-state index in [9.17, 15) is 8.42 Å². The highest BCUT2D eigenvalue weighted by Crippen LogP contribution is 2.32. The Hall–Kier alpha value is -1.83. The number of nitrogens with one attached hydrogen (secondary N) is 1. The number of rotatable bonds is 4. The second kappa shape index (κ2) is 6.12. The summed E-state index contributed by atoms with van der Waals surface area (Å²) in [5, 5.41) is 0.271. The molecule has 1 aromatic heterocycles. The highest BCUT2D eigenvalue weighted by molar-refractivity contribution is 7.89. The van der Waals surface area contributed by atoms with Gasteiger partial charge in [0.15, 0.2) is 11.5 Å². The van der Waals surface area contributed by atoms with E-state index in [4.69, 9.17) is 21.1 Å². The largest absolute Gasteiger partial charge is 0.486 e. The molecule has 0 unspecified atom stereocenters. The standard InChI is InChI=1S/C14H13ClN2O4S/c15-14-10(2-1-5-16-14)9-17-22(18,19)11-3-4-12-13(8-11)21-7-6-20-12/h1-5,8,17H,6-7,9H2. The van der Waals surface area contributed by atoms with Crippen LogP contribution in [0, 0.1) is 0 Å². The predicted octanol–water partition coefficient (Wildman–Crippen LogP) is 1.98. The molecule has 2 aromatic rings. The van der Waals surface area contributed by atoms with Gasteiger partial charge in [-0.15, -0.1) is 0 Å². The SMILES string of the molecule is O=S(=O)(NCc1cccnc1Cl)c1ccc2c(c1)OCCO2. The first-order valence-corrected chi connectivity index (χ1v) is 8.41.